The second-order valence-electron chi connectivity index (χ2n) is 6.15. The number of hydrogen-bond donors (Lipinski definition) is 4. The number of esters is 1. The van der Waals surface area contributed by atoms with Crippen molar-refractivity contribution < 1.29 is 19.1 Å². The van der Waals surface area contributed by atoms with Crippen LogP contribution in [-0.4, -0.2) is 30.2 Å². The van der Waals surface area contributed by atoms with Crippen molar-refractivity contribution in [3.8, 4) is 0 Å². The number of carbonyl (C=O) groups excluding carboxylic acids is 3. The third kappa shape index (κ3) is 7.38. The van der Waals surface area contributed by atoms with Crippen molar-refractivity contribution >= 4 is 46.3 Å². The summed E-state index contributed by atoms with van der Waals surface area (Å²) in [5, 5.41) is 14.7. The van der Waals surface area contributed by atoms with Crippen molar-refractivity contribution in [2.24, 2.45) is 5.73 Å². The molecule has 0 spiro atoms. The Hall–Kier alpha value is -3.20. The van der Waals surface area contributed by atoms with Crippen LogP contribution in [0.5, 0.6) is 0 Å². The first-order valence-electron chi connectivity index (χ1n) is 9.15. The van der Waals surface area contributed by atoms with Crippen LogP contribution in [0.25, 0.3) is 0 Å². The molecule has 0 unspecified atom stereocenters. The summed E-state index contributed by atoms with van der Waals surface area (Å²) in [5.41, 5.74) is 7.18. The molecule has 29 heavy (non-hydrogen) atoms. The number of benzene rings is 1. The summed E-state index contributed by atoms with van der Waals surface area (Å²) in [6.07, 6.45) is 0.804. The molecule has 2 rings (SSSR count). The van der Waals surface area contributed by atoms with Crippen LogP contribution in [0.1, 0.15) is 36.6 Å². The molecule has 2 aromatic rings. The second kappa shape index (κ2) is 11.0. The molecular formula is C20H24N4O4S. The summed E-state index contributed by atoms with van der Waals surface area (Å²) in [7, 11) is 0. The molecule has 0 bridgehead atoms. The molecule has 9 heteroatoms. The fraction of sp³-hybridized carbons (Fsp3) is 0.300. The number of amides is 2. The minimum atomic E-state index is -0.288. The van der Waals surface area contributed by atoms with E-state index in [1.165, 1.54) is 11.3 Å². The highest BCUT2D eigenvalue weighted by Crippen LogP contribution is 2.24. The van der Waals surface area contributed by atoms with Gasteiger partial charge in [-0.3, -0.25) is 19.8 Å². The van der Waals surface area contributed by atoms with E-state index >= 15 is 0 Å². The van der Waals surface area contributed by atoms with Crippen LogP contribution < -0.4 is 16.4 Å². The third-order valence-electron chi connectivity index (χ3n) is 3.94. The molecule has 154 valence electrons. The van der Waals surface area contributed by atoms with Gasteiger partial charge in [-0.1, -0.05) is 0 Å². The SMILES string of the molecule is CCOC(=O)CCc1sccc1NC(=O)CCC(=O)Nc1ccc(C(=N)N)cc1. The zero-order valence-electron chi connectivity index (χ0n) is 16.1. The lowest BCUT2D eigenvalue weighted by Crippen LogP contribution is -2.18. The maximum atomic E-state index is 12.2. The van der Waals surface area contributed by atoms with Crippen LogP contribution in [0.3, 0.4) is 0 Å². The molecule has 0 saturated heterocycles. The quantitative estimate of drug-likeness (QED) is 0.268. The summed E-state index contributed by atoms with van der Waals surface area (Å²) in [5.74, 6) is -0.882. The molecular weight excluding hydrogens is 392 g/mol. The number of nitrogens with two attached hydrogens (primary N) is 1. The van der Waals surface area contributed by atoms with Crippen LogP contribution in [0.4, 0.5) is 11.4 Å². The maximum absolute atomic E-state index is 12.2. The zero-order valence-corrected chi connectivity index (χ0v) is 16.9. The van der Waals surface area contributed by atoms with Gasteiger partial charge in [-0.25, -0.2) is 0 Å². The van der Waals surface area contributed by atoms with Crippen molar-refractivity contribution in [3.05, 3.63) is 46.2 Å². The predicted octanol–water partition coefficient (Wildman–Crippen LogP) is 2.89. The van der Waals surface area contributed by atoms with Crippen LogP contribution in [0.15, 0.2) is 35.7 Å². The number of ether oxygens (including phenoxy) is 1. The Labute approximate surface area is 173 Å². The minimum Gasteiger partial charge on any atom is -0.466 e. The molecule has 0 radical (unpaired) electrons. The number of amidine groups is 1. The van der Waals surface area contributed by atoms with Crippen molar-refractivity contribution in [1.29, 1.82) is 5.41 Å². The van der Waals surface area contributed by atoms with E-state index in [0.29, 0.717) is 30.0 Å². The summed E-state index contributed by atoms with van der Waals surface area (Å²) in [4.78, 5) is 36.6. The van der Waals surface area contributed by atoms with Crippen molar-refractivity contribution in [3.63, 3.8) is 0 Å². The van der Waals surface area contributed by atoms with E-state index in [0.717, 1.165) is 4.88 Å². The van der Waals surface area contributed by atoms with E-state index < -0.39 is 0 Å². The van der Waals surface area contributed by atoms with E-state index in [1.807, 2.05) is 5.38 Å². The Bertz CT molecular complexity index is 877. The zero-order chi connectivity index (χ0) is 21.2. The Balaban J connectivity index is 1.78. The van der Waals surface area contributed by atoms with E-state index in [2.05, 4.69) is 10.6 Å². The van der Waals surface area contributed by atoms with E-state index in [1.54, 1.807) is 37.3 Å². The fourth-order valence-corrected chi connectivity index (χ4v) is 3.33. The predicted molar refractivity (Wildman–Crippen MR) is 113 cm³/mol. The van der Waals surface area contributed by atoms with Gasteiger partial charge in [0.1, 0.15) is 5.84 Å². The van der Waals surface area contributed by atoms with Crippen LogP contribution in [0, 0.1) is 5.41 Å². The van der Waals surface area contributed by atoms with Gasteiger partial charge in [0.25, 0.3) is 0 Å². The minimum absolute atomic E-state index is 0.0303. The summed E-state index contributed by atoms with van der Waals surface area (Å²) in [6.45, 7) is 2.10. The van der Waals surface area contributed by atoms with Gasteiger partial charge in [-0.2, -0.15) is 0 Å². The molecule has 0 aliphatic rings. The van der Waals surface area contributed by atoms with Gasteiger partial charge in [-0.15, -0.1) is 11.3 Å². The van der Waals surface area contributed by atoms with Crippen molar-refractivity contribution in [1.82, 2.24) is 0 Å². The first-order chi connectivity index (χ1) is 13.9. The van der Waals surface area contributed by atoms with E-state index in [4.69, 9.17) is 15.9 Å². The molecule has 1 heterocycles. The van der Waals surface area contributed by atoms with Gasteiger partial charge in [0, 0.05) is 29.0 Å². The lowest BCUT2D eigenvalue weighted by atomic mass is 10.2. The molecule has 0 fully saturated rings. The number of nitrogens with one attached hydrogen (secondary N) is 3. The molecule has 0 saturated carbocycles. The Kier molecular flexibility index (Phi) is 8.35. The van der Waals surface area contributed by atoms with Gasteiger partial charge in [0.15, 0.2) is 0 Å². The highest BCUT2D eigenvalue weighted by atomic mass is 32.1. The molecule has 0 aliphatic heterocycles. The first kappa shape index (κ1) is 22.1. The Morgan fingerprint density at radius 1 is 1.03 bits per heavy atom. The van der Waals surface area contributed by atoms with Crippen LogP contribution in [-0.2, 0) is 25.5 Å². The number of aryl methyl sites for hydroxylation is 1. The van der Waals surface area contributed by atoms with Gasteiger partial charge >= 0.3 is 5.97 Å². The lowest BCUT2D eigenvalue weighted by molar-refractivity contribution is -0.143. The number of carbonyl (C=O) groups is 3. The monoisotopic (exact) mass is 416 g/mol. The normalized spacial score (nSPS) is 10.2. The Morgan fingerprint density at radius 3 is 2.31 bits per heavy atom. The topological polar surface area (TPSA) is 134 Å². The fourth-order valence-electron chi connectivity index (χ4n) is 2.49. The molecule has 2 amide bonds. The van der Waals surface area contributed by atoms with Crippen LogP contribution >= 0.6 is 11.3 Å². The molecule has 1 aromatic carbocycles. The molecule has 5 N–H and O–H groups in total. The van der Waals surface area contributed by atoms with E-state index in [9.17, 15) is 14.4 Å². The number of anilines is 2. The van der Waals surface area contributed by atoms with Crippen molar-refractivity contribution in [2.75, 3.05) is 17.2 Å². The molecule has 8 nitrogen and oxygen atoms in total. The standard InChI is InChI=1S/C20H24N4O4S/c1-2-28-19(27)10-7-16-15(11-12-29-16)24-18(26)9-8-17(25)23-14-5-3-13(4-6-14)20(21)22/h3-6,11-12H,2,7-10H2,1H3,(H3,21,22)(H,23,25)(H,24,26). The summed E-state index contributed by atoms with van der Waals surface area (Å²) >= 11 is 1.46. The number of hydrogen-bond acceptors (Lipinski definition) is 6. The number of nitrogen functional groups attached to an aromatic ring is 1. The van der Waals surface area contributed by atoms with Gasteiger partial charge in [0.2, 0.25) is 11.8 Å². The summed E-state index contributed by atoms with van der Waals surface area (Å²) in [6, 6.07) is 8.35. The maximum Gasteiger partial charge on any atom is 0.306 e. The highest BCUT2D eigenvalue weighted by Gasteiger charge is 2.12. The molecule has 0 atom stereocenters. The lowest BCUT2D eigenvalue weighted by Gasteiger charge is -2.08. The smallest absolute Gasteiger partial charge is 0.306 e. The van der Waals surface area contributed by atoms with Crippen molar-refractivity contribution in [2.45, 2.75) is 32.6 Å². The average Bonchev–Trinajstić information content (AvgIpc) is 3.12. The first-order valence-corrected chi connectivity index (χ1v) is 10.0. The van der Waals surface area contributed by atoms with Gasteiger partial charge in [-0.05, 0) is 49.1 Å². The van der Waals surface area contributed by atoms with Crippen LogP contribution in [0.2, 0.25) is 0 Å². The summed E-state index contributed by atoms with van der Waals surface area (Å²) < 4.78 is 4.91. The largest absolute Gasteiger partial charge is 0.466 e. The average molecular weight is 417 g/mol. The Morgan fingerprint density at radius 2 is 1.69 bits per heavy atom. The number of rotatable bonds is 10. The van der Waals surface area contributed by atoms with E-state index in [-0.39, 0.29) is 42.9 Å². The third-order valence-corrected chi connectivity index (χ3v) is 4.92. The molecule has 1 aromatic heterocycles. The van der Waals surface area contributed by atoms with Gasteiger partial charge in [0.05, 0.1) is 18.7 Å². The highest BCUT2D eigenvalue weighted by molar-refractivity contribution is 7.10. The van der Waals surface area contributed by atoms with Gasteiger partial charge < -0.3 is 21.1 Å². The second-order valence-corrected chi connectivity index (χ2v) is 7.15. The molecule has 0 aliphatic carbocycles. The number of thiophene rings is 1.